The largest absolute Gasteiger partial charge is 0.489 e. The van der Waals surface area contributed by atoms with E-state index in [1.165, 1.54) is 11.5 Å². The van der Waals surface area contributed by atoms with Crippen molar-refractivity contribution in [3.8, 4) is 5.75 Å². The van der Waals surface area contributed by atoms with Crippen LogP contribution in [0.5, 0.6) is 5.75 Å². The lowest BCUT2D eigenvalue weighted by atomic mass is 10.1. The molecule has 4 nitrogen and oxygen atoms in total. The number of aryl methyl sites for hydroxylation is 1. The zero-order valence-corrected chi connectivity index (χ0v) is 12.4. The smallest absolute Gasteiger partial charge is 0.200 e. The second kappa shape index (κ2) is 4.93. The van der Waals surface area contributed by atoms with E-state index in [1.54, 1.807) is 12.1 Å². The third kappa shape index (κ3) is 2.64. The first kappa shape index (κ1) is 13.7. The summed E-state index contributed by atoms with van der Waals surface area (Å²) < 4.78 is 29.9. The van der Waals surface area contributed by atoms with Crippen LogP contribution in [-0.4, -0.2) is 15.0 Å². The van der Waals surface area contributed by atoms with E-state index in [0.717, 1.165) is 11.3 Å². The maximum absolute atomic E-state index is 12.1. The minimum atomic E-state index is -3.41. The van der Waals surface area contributed by atoms with Crippen molar-refractivity contribution in [1.82, 2.24) is 0 Å². The quantitative estimate of drug-likeness (QED) is 0.885. The normalized spacial score (nSPS) is 15.4. The van der Waals surface area contributed by atoms with E-state index in [9.17, 15) is 8.42 Å². The number of hydrogen-bond acceptors (Lipinski definition) is 4. The molecule has 0 atom stereocenters. The fraction of sp³-hybridized carbons (Fsp3) is 0.125. The summed E-state index contributed by atoms with van der Waals surface area (Å²) in [6, 6.07) is 12.5. The Morgan fingerprint density at radius 2 is 1.95 bits per heavy atom. The lowest BCUT2D eigenvalue weighted by Gasteiger charge is -2.08. The lowest BCUT2D eigenvalue weighted by Crippen LogP contribution is -2.00. The van der Waals surface area contributed by atoms with Gasteiger partial charge in [0.25, 0.3) is 0 Å². The topological polar surface area (TPSA) is 69.4 Å². The molecule has 0 fully saturated rings. The van der Waals surface area contributed by atoms with Crippen LogP contribution in [0.25, 0.3) is 5.57 Å². The Morgan fingerprint density at radius 1 is 1.14 bits per heavy atom. The number of nitrogen functional groups attached to an aromatic ring is 1. The molecular formula is C16H15NO3S. The number of sulfone groups is 1. The van der Waals surface area contributed by atoms with Crippen LogP contribution in [-0.2, 0) is 9.84 Å². The van der Waals surface area contributed by atoms with Crippen molar-refractivity contribution in [1.29, 1.82) is 0 Å². The minimum absolute atomic E-state index is 0.208. The van der Waals surface area contributed by atoms with E-state index in [0.29, 0.717) is 16.8 Å². The van der Waals surface area contributed by atoms with E-state index >= 15 is 0 Å². The van der Waals surface area contributed by atoms with Gasteiger partial charge in [-0.2, -0.15) is 0 Å². The molecule has 0 unspecified atom stereocenters. The van der Waals surface area contributed by atoms with Gasteiger partial charge in [-0.15, -0.1) is 0 Å². The van der Waals surface area contributed by atoms with Crippen LogP contribution in [0, 0.1) is 6.92 Å². The molecule has 1 heterocycles. The Morgan fingerprint density at radius 3 is 2.71 bits per heavy atom. The predicted molar refractivity (Wildman–Crippen MR) is 82.7 cm³/mol. The van der Waals surface area contributed by atoms with Crippen LogP contribution in [0.4, 0.5) is 5.69 Å². The Kier molecular flexibility index (Phi) is 3.22. The first-order chi connectivity index (χ1) is 9.95. The van der Waals surface area contributed by atoms with E-state index in [-0.39, 0.29) is 11.5 Å². The standard InChI is InChI=1S/C16H15NO3S/c1-11-3-2-4-14(7-11)20-9-12-10-21(18,19)16-8-13(17)5-6-15(12)16/h2-8,10H,9,17H2,1H3. The summed E-state index contributed by atoms with van der Waals surface area (Å²) in [5, 5.41) is 1.26. The highest BCUT2D eigenvalue weighted by molar-refractivity contribution is 7.95. The van der Waals surface area contributed by atoms with Gasteiger partial charge in [0.05, 0.1) is 4.90 Å². The van der Waals surface area contributed by atoms with Crippen molar-refractivity contribution in [2.45, 2.75) is 11.8 Å². The van der Waals surface area contributed by atoms with Crippen LogP contribution in [0.2, 0.25) is 0 Å². The van der Waals surface area contributed by atoms with E-state index < -0.39 is 9.84 Å². The summed E-state index contributed by atoms with van der Waals surface area (Å²) in [6.07, 6.45) is 0. The molecule has 2 aromatic carbocycles. The van der Waals surface area contributed by atoms with E-state index in [4.69, 9.17) is 10.5 Å². The summed E-state index contributed by atoms with van der Waals surface area (Å²) in [5.74, 6) is 0.720. The van der Waals surface area contributed by atoms with Crippen LogP contribution in [0.3, 0.4) is 0 Å². The van der Waals surface area contributed by atoms with Gasteiger partial charge >= 0.3 is 0 Å². The van der Waals surface area contributed by atoms with Crippen LogP contribution >= 0.6 is 0 Å². The number of benzene rings is 2. The molecule has 0 saturated carbocycles. The molecule has 2 aromatic rings. The SMILES string of the molecule is Cc1cccc(OCC2=CS(=O)(=O)c3cc(N)ccc32)c1. The predicted octanol–water partition coefficient (Wildman–Crippen LogP) is 2.78. The average Bonchev–Trinajstić information content (AvgIpc) is 2.68. The summed E-state index contributed by atoms with van der Waals surface area (Å²) >= 11 is 0. The number of anilines is 1. The minimum Gasteiger partial charge on any atom is -0.489 e. The molecule has 0 spiro atoms. The van der Waals surface area contributed by atoms with Gasteiger partial charge in [-0.3, -0.25) is 0 Å². The zero-order chi connectivity index (χ0) is 15.0. The number of nitrogens with two attached hydrogens (primary N) is 1. The maximum atomic E-state index is 12.1. The summed E-state index contributed by atoms with van der Waals surface area (Å²) in [7, 11) is -3.41. The van der Waals surface area contributed by atoms with Crippen LogP contribution in [0.15, 0.2) is 52.8 Å². The molecular weight excluding hydrogens is 286 g/mol. The van der Waals surface area contributed by atoms with Gasteiger partial charge in [0, 0.05) is 22.2 Å². The Hall–Kier alpha value is -2.27. The monoisotopic (exact) mass is 301 g/mol. The van der Waals surface area contributed by atoms with Crippen molar-refractivity contribution in [3.05, 3.63) is 59.0 Å². The molecule has 0 bridgehead atoms. The first-order valence-corrected chi connectivity index (χ1v) is 8.05. The second-order valence-corrected chi connectivity index (χ2v) is 6.81. The van der Waals surface area contributed by atoms with Gasteiger partial charge in [0.15, 0.2) is 0 Å². The average molecular weight is 301 g/mol. The molecule has 0 aliphatic carbocycles. The molecule has 5 heteroatoms. The molecule has 0 saturated heterocycles. The third-order valence-electron chi connectivity index (χ3n) is 3.34. The molecule has 108 valence electrons. The van der Waals surface area contributed by atoms with Gasteiger partial charge < -0.3 is 10.5 Å². The van der Waals surface area contributed by atoms with Crippen molar-refractivity contribution >= 4 is 21.1 Å². The Bertz CT molecular complexity index is 838. The highest BCUT2D eigenvalue weighted by atomic mass is 32.2. The van der Waals surface area contributed by atoms with Crippen molar-refractivity contribution in [2.24, 2.45) is 0 Å². The lowest BCUT2D eigenvalue weighted by molar-refractivity contribution is 0.369. The molecule has 1 aliphatic rings. The molecule has 0 amide bonds. The Balaban J connectivity index is 1.88. The van der Waals surface area contributed by atoms with Crippen LogP contribution < -0.4 is 10.5 Å². The van der Waals surface area contributed by atoms with Gasteiger partial charge in [-0.05, 0) is 36.8 Å². The number of fused-ring (bicyclic) bond motifs is 1. The molecule has 1 aliphatic heterocycles. The highest BCUT2D eigenvalue weighted by Gasteiger charge is 2.27. The Labute approximate surface area is 123 Å². The number of ether oxygens (including phenoxy) is 1. The molecule has 2 N–H and O–H groups in total. The molecule has 0 radical (unpaired) electrons. The van der Waals surface area contributed by atoms with Gasteiger partial charge in [0.2, 0.25) is 9.84 Å². The first-order valence-electron chi connectivity index (χ1n) is 6.51. The third-order valence-corrected chi connectivity index (χ3v) is 4.89. The maximum Gasteiger partial charge on any atom is 0.200 e. The fourth-order valence-electron chi connectivity index (χ4n) is 2.33. The highest BCUT2D eigenvalue weighted by Crippen LogP contribution is 2.34. The van der Waals surface area contributed by atoms with E-state index in [2.05, 4.69) is 0 Å². The molecule has 0 aromatic heterocycles. The molecule has 3 rings (SSSR count). The van der Waals surface area contributed by atoms with Gasteiger partial charge in [-0.1, -0.05) is 18.2 Å². The van der Waals surface area contributed by atoms with Crippen molar-refractivity contribution < 1.29 is 13.2 Å². The van der Waals surface area contributed by atoms with Crippen molar-refractivity contribution in [2.75, 3.05) is 12.3 Å². The number of hydrogen-bond donors (Lipinski definition) is 1. The summed E-state index contributed by atoms with van der Waals surface area (Å²) in [4.78, 5) is 0.255. The van der Waals surface area contributed by atoms with Crippen molar-refractivity contribution in [3.63, 3.8) is 0 Å². The fourth-order valence-corrected chi connectivity index (χ4v) is 3.83. The van der Waals surface area contributed by atoms with E-state index in [1.807, 2.05) is 31.2 Å². The van der Waals surface area contributed by atoms with Gasteiger partial charge in [-0.25, -0.2) is 8.42 Å². The van der Waals surface area contributed by atoms with Crippen LogP contribution in [0.1, 0.15) is 11.1 Å². The summed E-state index contributed by atoms with van der Waals surface area (Å²) in [5.41, 5.74) is 8.50. The molecule has 21 heavy (non-hydrogen) atoms. The summed E-state index contributed by atoms with van der Waals surface area (Å²) in [6.45, 7) is 2.18. The zero-order valence-electron chi connectivity index (χ0n) is 11.5. The van der Waals surface area contributed by atoms with Gasteiger partial charge in [0.1, 0.15) is 12.4 Å². The number of rotatable bonds is 3. The second-order valence-electron chi connectivity index (χ2n) is 5.05.